The van der Waals surface area contributed by atoms with Crippen LogP contribution in [0.4, 0.5) is 0 Å². The average molecular weight is 305 g/mol. The summed E-state index contributed by atoms with van der Waals surface area (Å²) in [5, 5.41) is 3.68. The highest BCUT2D eigenvalue weighted by Gasteiger charge is 2.34. The summed E-state index contributed by atoms with van der Waals surface area (Å²) in [6.07, 6.45) is 9.44. The Kier molecular flexibility index (Phi) is 5.25. The van der Waals surface area contributed by atoms with Gasteiger partial charge in [-0.3, -0.25) is 4.90 Å². The van der Waals surface area contributed by atoms with E-state index in [1.807, 2.05) is 0 Å². The van der Waals surface area contributed by atoms with Crippen molar-refractivity contribution in [3.63, 3.8) is 0 Å². The van der Waals surface area contributed by atoms with Gasteiger partial charge in [0, 0.05) is 37.0 Å². The first-order valence-corrected chi connectivity index (χ1v) is 9.60. The van der Waals surface area contributed by atoms with E-state index >= 15 is 0 Å². The van der Waals surface area contributed by atoms with E-state index in [1.54, 1.807) is 0 Å². The van der Waals surface area contributed by atoms with Crippen LogP contribution in [0.3, 0.4) is 0 Å². The molecule has 0 radical (unpaired) electrons. The summed E-state index contributed by atoms with van der Waals surface area (Å²) >= 11 is 2.12. The zero-order valence-corrected chi connectivity index (χ0v) is 14.0. The zero-order chi connectivity index (χ0) is 14.5. The van der Waals surface area contributed by atoms with Crippen molar-refractivity contribution in [2.45, 2.75) is 42.9 Å². The Morgan fingerprint density at radius 1 is 1.19 bits per heavy atom. The zero-order valence-electron chi connectivity index (χ0n) is 13.2. The van der Waals surface area contributed by atoms with Crippen LogP contribution in [0.2, 0.25) is 0 Å². The second kappa shape index (κ2) is 7.17. The van der Waals surface area contributed by atoms with E-state index in [0.29, 0.717) is 10.8 Å². The van der Waals surface area contributed by atoms with Crippen LogP contribution >= 0.6 is 11.8 Å². The van der Waals surface area contributed by atoms with Crippen molar-refractivity contribution in [3.05, 3.63) is 35.9 Å². The third-order valence-corrected chi connectivity index (χ3v) is 6.57. The number of nitrogens with zero attached hydrogens (tertiary/aromatic N) is 1. The van der Waals surface area contributed by atoms with Crippen LogP contribution in [0.5, 0.6) is 0 Å². The molecule has 2 nitrogen and oxygen atoms in total. The van der Waals surface area contributed by atoms with Crippen molar-refractivity contribution in [3.8, 4) is 0 Å². The number of nitrogens with one attached hydrogen (secondary N) is 1. The van der Waals surface area contributed by atoms with Crippen LogP contribution in [-0.2, 0) is 0 Å². The third-order valence-electron chi connectivity index (χ3n) is 5.17. The normalized spacial score (nSPS) is 26.6. The van der Waals surface area contributed by atoms with Gasteiger partial charge in [-0.2, -0.15) is 11.8 Å². The van der Waals surface area contributed by atoms with E-state index < -0.39 is 0 Å². The monoisotopic (exact) mass is 304 g/mol. The molecule has 1 aliphatic carbocycles. The second-order valence-corrected chi connectivity index (χ2v) is 7.87. The van der Waals surface area contributed by atoms with Crippen LogP contribution in [-0.4, -0.2) is 42.1 Å². The quantitative estimate of drug-likeness (QED) is 0.913. The molecular weight excluding hydrogens is 276 g/mol. The summed E-state index contributed by atoms with van der Waals surface area (Å²) in [5.41, 5.74) is 1.43. The van der Waals surface area contributed by atoms with Gasteiger partial charge in [0.05, 0.1) is 0 Å². The Morgan fingerprint density at radius 3 is 2.67 bits per heavy atom. The fraction of sp³-hybridized carbons (Fsp3) is 0.667. The summed E-state index contributed by atoms with van der Waals surface area (Å²) in [6.45, 7) is 4.75. The van der Waals surface area contributed by atoms with Crippen molar-refractivity contribution in [2.24, 2.45) is 0 Å². The molecule has 1 unspecified atom stereocenters. The molecule has 1 saturated heterocycles. The molecule has 1 heterocycles. The molecule has 0 aromatic heterocycles. The predicted molar refractivity (Wildman–Crippen MR) is 93.0 cm³/mol. The van der Waals surface area contributed by atoms with Crippen LogP contribution in [0.15, 0.2) is 30.3 Å². The molecule has 1 aromatic rings. The van der Waals surface area contributed by atoms with Crippen LogP contribution in [0, 0.1) is 0 Å². The summed E-state index contributed by atoms with van der Waals surface area (Å²) in [6, 6.07) is 11.4. The molecular formula is C18H28N2S. The highest BCUT2D eigenvalue weighted by Crippen LogP contribution is 2.39. The first kappa shape index (κ1) is 15.4. The summed E-state index contributed by atoms with van der Waals surface area (Å²) in [7, 11) is 0. The first-order chi connectivity index (χ1) is 10.3. The topological polar surface area (TPSA) is 15.3 Å². The van der Waals surface area contributed by atoms with Gasteiger partial charge in [0.25, 0.3) is 0 Å². The number of piperazine rings is 1. The lowest BCUT2D eigenvalue weighted by atomic mass is 9.87. The lowest BCUT2D eigenvalue weighted by molar-refractivity contribution is 0.169. The van der Waals surface area contributed by atoms with E-state index in [0.717, 1.165) is 13.1 Å². The Balaban J connectivity index is 1.63. The highest BCUT2D eigenvalue weighted by molar-refractivity contribution is 8.00. The summed E-state index contributed by atoms with van der Waals surface area (Å²) in [4.78, 5) is 2.70. The molecule has 3 rings (SSSR count). The van der Waals surface area contributed by atoms with Gasteiger partial charge in [0.2, 0.25) is 0 Å². The molecule has 2 fully saturated rings. The van der Waals surface area contributed by atoms with Crippen molar-refractivity contribution in [1.29, 1.82) is 0 Å². The van der Waals surface area contributed by atoms with Crippen molar-refractivity contribution >= 4 is 11.8 Å². The van der Waals surface area contributed by atoms with Crippen LogP contribution < -0.4 is 5.32 Å². The largest absolute Gasteiger partial charge is 0.308 e. The fourth-order valence-electron chi connectivity index (χ4n) is 3.89. The molecule has 3 heteroatoms. The predicted octanol–water partition coefficient (Wildman–Crippen LogP) is 3.70. The lowest BCUT2D eigenvalue weighted by Crippen LogP contribution is -2.51. The number of thioether (sulfide) groups is 1. The van der Waals surface area contributed by atoms with Crippen molar-refractivity contribution in [2.75, 3.05) is 32.4 Å². The molecule has 21 heavy (non-hydrogen) atoms. The first-order valence-electron chi connectivity index (χ1n) is 8.37. The summed E-state index contributed by atoms with van der Waals surface area (Å²) < 4.78 is 0.525. The van der Waals surface area contributed by atoms with E-state index in [2.05, 4.69) is 58.6 Å². The molecule has 2 aliphatic rings. The maximum absolute atomic E-state index is 3.68. The van der Waals surface area contributed by atoms with Gasteiger partial charge in [-0.05, 0) is 24.7 Å². The second-order valence-electron chi connectivity index (χ2n) is 6.60. The van der Waals surface area contributed by atoms with E-state index in [1.165, 1.54) is 50.8 Å². The number of hydrogen-bond donors (Lipinski definition) is 1. The van der Waals surface area contributed by atoms with Gasteiger partial charge in [0.1, 0.15) is 0 Å². The minimum absolute atomic E-state index is 0.502. The highest BCUT2D eigenvalue weighted by atomic mass is 32.2. The molecule has 0 amide bonds. The Labute approximate surface area is 133 Å². The molecule has 1 aliphatic heterocycles. The van der Waals surface area contributed by atoms with Gasteiger partial charge in [0.15, 0.2) is 0 Å². The van der Waals surface area contributed by atoms with Crippen LogP contribution in [0.1, 0.15) is 43.7 Å². The molecule has 1 N–H and O–H groups in total. The van der Waals surface area contributed by atoms with E-state index in [4.69, 9.17) is 0 Å². The van der Waals surface area contributed by atoms with E-state index in [-0.39, 0.29) is 0 Å². The van der Waals surface area contributed by atoms with Gasteiger partial charge >= 0.3 is 0 Å². The number of benzene rings is 1. The van der Waals surface area contributed by atoms with Gasteiger partial charge in [-0.1, -0.05) is 49.6 Å². The molecule has 116 valence electrons. The van der Waals surface area contributed by atoms with E-state index in [9.17, 15) is 0 Å². The molecule has 1 atom stereocenters. The number of hydrogen-bond acceptors (Lipinski definition) is 3. The SMILES string of the molecule is CSC1(CN2CCNC(c3ccccc3)C2)CCCCC1. The Morgan fingerprint density at radius 2 is 1.95 bits per heavy atom. The maximum atomic E-state index is 3.68. The van der Waals surface area contributed by atoms with Gasteiger partial charge in [-0.15, -0.1) is 0 Å². The standard InChI is InChI=1S/C18H28N2S/c1-21-18(10-6-3-7-11-18)15-20-13-12-19-17(14-20)16-8-4-2-5-9-16/h2,4-5,8-9,17,19H,3,6-7,10-15H2,1H3. The Hall–Kier alpha value is -0.510. The average Bonchev–Trinajstić information content (AvgIpc) is 2.57. The van der Waals surface area contributed by atoms with Crippen LogP contribution in [0.25, 0.3) is 0 Å². The van der Waals surface area contributed by atoms with Crippen molar-refractivity contribution < 1.29 is 0 Å². The maximum Gasteiger partial charge on any atom is 0.0449 e. The smallest absolute Gasteiger partial charge is 0.0449 e. The number of rotatable bonds is 4. The third kappa shape index (κ3) is 3.82. The van der Waals surface area contributed by atoms with Crippen molar-refractivity contribution in [1.82, 2.24) is 10.2 Å². The molecule has 0 spiro atoms. The van der Waals surface area contributed by atoms with Gasteiger partial charge in [-0.25, -0.2) is 0 Å². The molecule has 1 aromatic carbocycles. The Bertz CT molecular complexity index is 428. The minimum Gasteiger partial charge on any atom is -0.308 e. The molecule has 0 bridgehead atoms. The van der Waals surface area contributed by atoms with Gasteiger partial charge < -0.3 is 5.32 Å². The minimum atomic E-state index is 0.502. The lowest BCUT2D eigenvalue weighted by Gasteiger charge is -2.43. The fourth-order valence-corrected chi connectivity index (χ4v) is 4.90. The molecule has 1 saturated carbocycles. The summed E-state index contributed by atoms with van der Waals surface area (Å²) in [5.74, 6) is 0.